The second-order valence-electron chi connectivity index (χ2n) is 5.07. The second kappa shape index (κ2) is 7.77. The number of benzene rings is 2. The van der Waals surface area contributed by atoms with Crippen LogP contribution in [0, 0.1) is 11.6 Å². The number of primary amides is 1. The average molecular weight is 389 g/mol. The molecule has 1 unspecified atom stereocenters. The van der Waals surface area contributed by atoms with E-state index in [0.29, 0.717) is 0 Å². The molecule has 0 aliphatic carbocycles. The maximum absolute atomic E-state index is 13.7. The van der Waals surface area contributed by atoms with Crippen molar-refractivity contribution in [1.29, 1.82) is 0 Å². The van der Waals surface area contributed by atoms with Crippen LogP contribution in [0.25, 0.3) is 0 Å². The molecule has 0 aromatic heterocycles. The number of carbonyl (C=O) groups excluding carboxylic acids is 2. The summed E-state index contributed by atoms with van der Waals surface area (Å²) >= 11 is 11.9. The number of amides is 1. The lowest BCUT2D eigenvalue weighted by atomic mass is 10.0. The number of nitrogens with two attached hydrogens (primary N) is 2. The van der Waals surface area contributed by atoms with E-state index in [1.807, 2.05) is 0 Å². The molecule has 0 heterocycles. The third-order valence-corrected chi connectivity index (χ3v) is 3.72. The summed E-state index contributed by atoms with van der Waals surface area (Å²) in [7, 11) is 0. The van der Waals surface area contributed by atoms with Gasteiger partial charge < -0.3 is 16.2 Å². The van der Waals surface area contributed by atoms with E-state index in [0.717, 1.165) is 18.2 Å². The highest BCUT2D eigenvalue weighted by Crippen LogP contribution is 2.37. The fraction of sp³-hybridized carbons (Fsp3) is 0.125. The molecule has 4 N–H and O–H groups in total. The van der Waals surface area contributed by atoms with Crippen LogP contribution in [0.1, 0.15) is 28.4 Å². The van der Waals surface area contributed by atoms with Gasteiger partial charge in [-0.15, -0.1) is 0 Å². The summed E-state index contributed by atoms with van der Waals surface area (Å²) in [4.78, 5) is 23.2. The Morgan fingerprint density at radius 1 is 1.16 bits per heavy atom. The van der Waals surface area contributed by atoms with Gasteiger partial charge in [0.15, 0.2) is 5.75 Å². The van der Waals surface area contributed by atoms with Crippen LogP contribution >= 0.6 is 23.2 Å². The number of ether oxygens (including phenoxy) is 1. The largest absolute Gasteiger partial charge is 0.421 e. The number of hydrogen-bond acceptors (Lipinski definition) is 4. The van der Waals surface area contributed by atoms with Crippen LogP contribution in [-0.2, 0) is 4.79 Å². The Morgan fingerprint density at radius 2 is 1.76 bits per heavy atom. The minimum Gasteiger partial charge on any atom is -0.421 e. The minimum absolute atomic E-state index is 0.0985. The number of rotatable bonds is 5. The van der Waals surface area contributed by atoms with E-state index in [9.17, 15) is 18.4 Å². The SMILES string of the molecule is NC(=O)CC(N)c1cc(Cl)cc(Cl)c1OC(=O)c1c(F)cccc1F. The van der Waals surface area contributed by atoms with E-state index in [1.165, 1.54) is 12.1 Å². The molecule has 1 amide bonds. The van der Waals surface area contributed by atoms with Gasteiger partial charge >= 0.3 is 5.97 Å². The van der Waals surface area contributed by atoms with Gasteiger partial charge in [-0.1, -0.05) is 29.3 Å². The van der Waals surface area contributed by atoms with Gasteiger partial charge in [-0.3, -0.25) is 4.79 Å². The molecule has 2 rings (SSSR count). The highest BCUT2D eigenvalue weighted by atomic mass is 35.5. The topological polar surface area (TPSA) is 95.4 Å². The first kappa shape index (κ1) is 19.1. The van der Waals surface area contributed by atoms with Gasteiger partial charge in [0, 0.05) is 23.0 Å². The van der Waals surface area contributed by atoms with Gasteiger partial charge in [-0.2, -0.15) is 0 Å². The van der Waals surface area contributed by atoms with Crippen LogP contribution in [0.2, 0.25) is 10.0 Å². The smallest absolute Gasteiger partial charge is 0.349 e. The Morgan fingerprint density at radius 3 is 2.32 bits per heavy atom. The van der Waals surface area contributed by atoms with E-state index in [4.69, 9.17) is 39.4 Å². The van der Waals surface area contributed by atoms with Crippen molar-refractivity contribution in [3.05, 3.63) is 63.1 Å². The Labute approximate surface area is 151 Å². The maximum atomic E-state index is 13.7. The number of esters is 1. The standard InChI is InChI=1S/C16H12Cl2F2N2O3/c17-7-4-8(12(21)6-13(22)23)15(9(18)5-7)25-16(24)14-10(19)2-1-3-11(14)20/h1-5,12H,6,21H2,(H2,22,23). The van der Waals surface area contributed by atoms with Gasteiger partial charge in [-0.25, -0.2) is 13.6 Å². The Hall–Kier alpha value is -2.22. The van der Waals surface area contributed by atoms with Crippen LogP contribution in [0.5, 0.6) is 5.75 Å². The minimum atomic E-state index is -1.31. The first-order chi connectivity index (χ1) is 11.7. The Balaban J connectivity index is 2.45. The van der Waals surface area contributed by atoms with Gasteiger partial charge in [-0.05, 0) is 24.3 Å². The molecule has 0 saturated heterocycles. The molecule has 0 fully saturated rings. The van der Waals surface area contributed by atoms with Crippen molar-refractivity contribution < 1.29 is 23.1 Å². The molecular formula is C16H12Cl2F2N2O3. The lowest BCUT2D eigenvalue weighted by molar-refractivity contribution is -0.118. The van der Waals surface area contributed by atoms with Crippen LogP contribution in [0.15, 0.2) is 30.3 Å². The molecule has 0 spiro atoms. The average Bonchev–Trinajstić information content (AvgIpc) is 2.48. The molecular weight excluding hydrogens is 377 g/mol. The van der Waals surface area contributed by atoms with Crippen molar-refractivity contribution in [2.45, 2.75) is 12.5 Å². The third-order valence-electron chi connectivity index (χ3n) is 3.22. The van der Waals surface area contributed by atoms with Crippen molar-refractivity contribution in [2.75, 3.05) is 0 Å². The molecule has 132 valence electrons. The van der Waals surface area contributed by atoms with Crippen molar-refractivity contribution in [1.82, 2.24) is 0 Å². The highest BCUT2D eigenvalue weighted by Gasteiger charge is 2.24. The van der Waals surface area contributed by atoms with E-state index in [1.54, 1.807) is 0 Å². The molecule has 5 nitrogen and oxygen atoms in total. The fourth-order valence-corrected chi connectivity index (χ4v) is 2.67. The van der Waals surface area contributed by atoms with Gasteiger partial charge in [0.25, 0.3) is 0 Å². The van der Waals surface area contributed by atoms with E-state index in [-0.39, 0.29) is 27.8 Å². The third kappa shape index (κ3) is 4.45. The van der Waals surface area contributed by atoms with E-state index >= 15 is 0 Å². The molecule has 0 aliphatic rings. The zero-order chi connectivity index (χ0) is 18.7. The predicted molar refractivity (Wildman–Crippen MR) is 88.5 cm³/mol. The summed E-state index contributed by atoms with van der Waals surface area (Å²) in [6.45, 7) is 0. The van der Waals surface area contributed by atoms with E-state index in [2.05, 4.69) is 0 Å². The molecule has 0 radical (unpaired) electrons. The summed E-state index contributed by atoms with van der Waals surface area (Å²) in [6.07, 6.45) is -0.282. The Kier molecular flexibility index (Phi) is 5.94. The van der Waals surface area contributed by atoms with Crippen LogP contribution < -0.4 is 16.2 Å². The van der Waals surface area contributed by atoms with Crippen molar-refractivity contribution in [3.8, 4) is 5.75 Å². The summed E-state index contributed by atoms with van der Waals surface area (Å²) in [5.74, 6) is -4.48. The van der Waals surface area contributed by atoms with Crippen molar-refractivity contribution in [3.63, 3.8) is 0 Å². The fourth-order valence-electron chi connectivity index (χ4n) is 2.13. The zero-order valence-electron chi connectivity index (χ0n) is 12.6. The molecule has 2 aromatic carbocycles. The lowest BCUT2D eigenvalue weighted by Gasteiger charge is -2.17. The number of hydrogen-bond donors (Lipinski definition) is 2. The normalized spacial score (nSPS) is 11.9. The molecule has 0 saturated carbocycles. The summed E-state index contributed by atoms with van der Waals surface area (Å²) in [5, 5.41) is 0.0457. The monoisotopic (exact) mass is 388 g/mol. The summed E-state index contributed by atoms with van der Waals surface area (Å²) < 4.78 is 32.5. The van der Waals surface area contributed by atoms with Gasteiger partial charge in [0.05, 0.1) is 5.02 Å². The Bertz CT molecular complexity index is 826. The van der Waals surface area contributed by atoms with Crippen molar-refractivity contribution >= 4 is 35.1 Å². The number of carbonyl (C=O) groups is 2. The second-order valence-corrected chi connectivity index (χ2v) is 5.91. The molecule has 0 bridgehead atoms. The van der Waals surface area contributed by atoms with E-state index < -0.39 is 35.1 Å². The molecule has 1 atom stereocenters. The molecule has 25 heavy (non-hydrogen) atoms. The first-order valence-corrected chi connectivity index (χ1v) is 7.65. The summed E-state index contributed by atoms with van der Waals surface area (Å²) in [6, 6.07) is 4.50. The molecule has 0 aliphatic heterocycles. The number of halogens is 4. The molecule has 9 heteroatoms. The summed E-state index contributed by atoms with van der Waals surface area (Å²) in [5.41, 5.74) is 10.2. The van der Waals surface area contributed by atoms with Crippen LogP contribution in [0.3, 0.4) is 0 Å². The van der Waals surface area contributed by atoms with Gasteiger partial charge in [0.2, 0.25) is 5.91 Å². The quantitative estimate of drug-likeness (QED) is 0.606. The van der Waals surface area contributed by atoms with Gasteiger partial charge in [0.1, 0.15) is 17.2 Å². The lowest BCUT2D eigenvalue weighted by Crippen LogP contribution is -2.22. The van der Waals surface area contributed by atoms with Crippen molar-refractivity contribution in [2.24, 2.45) is 11.5 Å². The zero-order valence-corrected chi connectivity index (χ0v) is 14.1. The van der Waals surface area contributed by atoms with Crippen LogP contribution in [-0.4, -0.2) is 11.9 Å². The first-order valence-electron chi connectivity index (χ1n) is 6.89. The molecule has 2 aromatic rings. The van der Waals surface area contributed by atoms with Crippen LogP contribution in [0.4, 0.5) is 8.78 Å². The maximum Gasteiger partial charge on any atom is 0.349 e. The highest BCUT2D eigenvalue weighted by molar-refractivity contribution is 6.35. The predicted octanol–water partition coefficient (Wildman–Crippen LogP) is 3.37.